The van der Waals surface area contributed by atoms with Crippen LogP contribution in [0.5, 0.6) is 0 Å². The number of nitrogens with zero attached hydrogens (tertiary/aromatic N) is 3. The predicted molar refractivity (Wildman–Crippen MR) is 137 cm³/mol. The molecule has 35 heavy (non-hydrogen) atoms. The fraction of sp³-hybridized carbons (Fsp3) is 0.379. The monoisotopic (exact) mass is 477 g/mol. The predicted octanol–water partition coefficient (Wildman–Crippen LogP) is 5.63. The molecule has 0 fully saturated rings. The van der Waals surface area contributed by atoms with Crippen molar-refractivity contribution >= 4 is 11.8 Å². The number of amides is 2. The first-order valence-electron chi connectivity index (χ1n) is 12.4. The van der Waals surface area contributed by atoms with Crippen molar-refractivity contribution in [1.82, 2.24) is 14.4 Å². The second-order valence-corrected chi connectivity index (χ2v) is 9.21. The normalized spacial score (nSPS) is 11.0. The molecule has 2 aromatic carbocycles. The van der Waals surface area contributed by atoms with Crippen molar-refractivity contribution in [1.29, 1.82) is 0 Å². The highest BCUT2D eigenvalue weighted by Gasteiger charge is 2.24. The summed E-state index contributed by atoms with van der Waals surface area (Å²) >= 11 is 0. The molecule has 0 unspecified atom stereocenters. The Morgan fingerprint density at radius 3 is 2.26 bits per heavy atom. The highest BCUT2D eigenvalue weighted by molar-refractivity contribution is 5.85. The third-order valence-electron chi connectivity index (χ3n) is 6.11. The molecule has 0 aliphatic carbocycles. The van der Waals surface area contributed by atoms with Crippen molar-refractivity contribution in [3.8, 4) is 0 Å². The summed E-state index contributed by atoms with van der Waals surface area (Å²) in [6.07, 6.45) is 4.19. The number of hydrogen-bond acceptors (Lipinski definition) is 2. The Hall–Kier alpha value is -3.41. The van der Waals surface area contributed by atoms with E-state index in [1.165, 1.54) is 12.1 Å². The molecule has 0 bridgehead atoms. The summed E-state index contributed by atoms with van der Waals surface area (Å²) < 4.78 is 15.4. The molecule has 0 aliphatic heterocycles. The number of aromatic nitrogens is 1. The number of benzene rings is 2. The molecule has 0 saturated heterocycles. The van der Waals surface area contributed by atoms with E-state index >= 15 is 0 Å². The Kier molecular flexibility index (Phi) is 9.65. The first kappa shape index (κ1) is 26.2. The average Bonchev–Trinajstić information content (AvgIpc) is 3.28. The number of halogens is 1. The topological polar surface area (TPSA) is 45.6 Å². The van der Waals surface area contributed by atoms with Crippen LogP contribution in [0.2, 0.25) is 0 Å². The van der Waals surface area contributed by atoms with Gasteiger partial charge in [-0.1, -0.05) is 55.8 Å². The van der Waals surface area contributed by atoms with Crippen LogP contribution in [-0.2, 0) is 29.2 Å². The summed E-state index contributed by atoms with van der Waals surface area (Å²) in [6.45, 7) is 7.47. The smallest absolute Gasteiger partial charge is 0.242 e. The van der Waals surface area contributed by atoms with Crippen molar-refractivity contribution in [2.75, 3.05) is 6.54 Å². The summed E-state index contributed by atoms with van der Waals surface area (Å²) in [6, 6.07) is 20.3. The van der Waals surface area contributed by atoms with Crippen molar-refractivity contribution < 1.29 is 14.0 Å². The lowest BCUT2D eigenvalue weighted by Crippen LogP contribution is -2.45. The van der Waals surface area contributed by atoms with Crippen molar-refractivity contribution in [2.45, 2.75) is 65.7 Å². The average molecular weight is 478 g/mol. The quantitative estimate of drug-likeness (QED) is 0.339. The maximum absolute atomic E-state index is 13.6. The fourth-order valence-corrected chi connectivity index (χ4v) is 4.04. The van der Waals surface area contributed by atoms with Gasteiger partial charge in [0.05, 0.1) is 13.1 Å². The molecule has 0 N–H and O–H groups in total. The largest absolute Gasteiger partial charge is 0.345 e. The molecular formula is C29H36FN3O2. The van der Waals surface area contributed by atoms with Gasteiger partial charge in [0, 0.05) is 37.4 Å². The van der Waals surface area contributed by atoms with Gasteiger partial charge in [0.15, 0.2) is 0 Å². The van der Waals surface area contributed by atoms with Crippen LogP contribution in [-0.4, -0.2) is 38.8 Å². The molecule has 186 valence electrons. The van der Waals surface area contributed by atoms with Gasteiger partial charge < -0.3 is 14.4 Å². The van der Waals surface area contributed by atoms with Gasteiger partial charge in [-0.05, 0) is 55.7 Å². The summed E-state index contributed by atoms with van der Waals surface area (Å²) in [5, 5.41) is 0. The maximum Gasteiger partial charge on any atom is 0.242 e. The summed E-state index contributed by atoms with van der Waals surface area (Å²) in [5.74, 6) is -0.319. The van der Waals surface area contributed by atoms with Gasteiger partial charge in [-0.15, -0.1) is 0 Å². The van der Waals surface area contributed by atoms with E-state index in [2.05, 4.69) is 11.5 Å². The number of carbonyl (C=O) groups excluding carboxylic acids is 2. The highest BCUT2D eigenvalue weighted by atomic mass is 19.1. The van der Waals surface area contributed by atoms with Gasteiger partial charge in [-0.25, -0.2) is 4.39 Å². The van der Waals surface area contributed by atoms with Gasteiger partial charge >= 0.3 is 0 Å². The van der Waals surface area contributed by atoms with E-state index < -0.39 is 0 Å². The van der Waals surface area contributed by atoms with Crippen LogP contribution in [0.1, 0.15) is 56.9 Å². The number of hydrogen-bond donors (Lipinski definition) is 0. The van der Waals surface area contributed by atoms with Crippen LogP contribution in [0.15, 0.2) is 72.9 Å². The zero-order valence-electron chi connectivity index (χ0n) is 21.0. The lowest BCUT2D eigenvalue weighted by molar-refractivity contribution is -0.142. The Balaban J connectivity index is 1.80. The zero-order valence-corrected chi connectivity index (χ0v) is 21.0. The SMILES string of the molecule is CCCCC(=O)N(CC(=O)N(Cc1ccccc1)Cc1cccn1Cc1ccc(F)cc1)C(C)C. The number of carbonyl (C=O) groups is 2. The molecule has 3 aromatic rings. The molecule has 3 rings (SSSR count). The molecule has 6 heteroatoms. The Bertz CT molecular complexity index is 1080. The van der Waals surface area contributed by atoms with E-state index in [0.717, 1.165) is 29.7 Å². The molecule has 2 amide bonds. The molecule has 0 atom stereocenters. The van der Waals surface area contributed by atoms with E-state index in [1.807, 2.05) is 67.4 Å². The third kappa shape index (κ3) is 7.81. The molecule has 5 nitrogen and oxygen atoms in total. The van der Waals surface area contributed by atoms with Gasteiger partial charge in [0.2, 0.25) is 11.8 Å². The Labute approximate surface area is 208 Å². The van der Waals surface area contributed by atoms with Crippen LogP contribution in [0, 0.1) is 5.82 Å². The lowest BCUT2D eigenvalue weighted by atomic mass is 10.2. The van der Waals surface area contributed by atoms with Crippen LogP contribution in [0.25, 0.3) is 0 Å². The molecule has 0 aliphatic rings. The molecule has 0 radical (unpaired) electrons. The van der Waals surface area contributed by atoms with Crippen LogP contribution in [0.4, 0.5) is 4.39 Å². The van der Waals surface area contributed by atoms with Gasteiger partial charge in [0.25, 0.3) is 0 Å². The minimum absolute atomic E-state index is 0.0227. The van der Waals surface area contributed by atoms with E-state index in [-0.39, 0.29) is 30.2 Å². The molecule has 1 heterocycles. The maximum atomic E-state index is 13.6. The third-order valence-corrected chi connectivity index (χ3v) is 6.11. The number of unbranched alkanes of at least 4 members (excludes halogenated alkanes) is 1. The van der Waals surface area contributed by atoms with Crippen molar-refractivity contribution in [2.24, 2.45) is 0 Å². The van der Waals surface area contributed by atoms with E-state index in [0.29, 0.717) is 26.1 Å². The second kappa shape index (κ2) is 12.9. The summed E-state index contributed by atoms with van der Waals surface area (Å²) in [4.78, 5) is 29.8. The number of rotatable bonds is 12. The minimum Gasteiger partial charge on any atom is -0.345 e. The van der Waals surface area contributed by atoms with Gasteiger partial charge in [0.1, 0.15) is 5.82 Å². The summed E-state index contributed by atoms with van der Waals surface area (Å²) in [7, 11) is 0. The van der Waals surface area contributed by atoms with Crippen molar-refractivity contribution in [3.63, 3.8) is 0 Å². The highest BCUT2D eigenvalue weighted by Crippen LogP contribution is 2.15. The lowest BCUT2D eigenvalue weighted by Gasteiger charge is -2.30. The van der Waals surface area contributed by atoms with Gasteiger partial charge in [-0.3, -0.25) is 9.59 Å². The first-order valence-corrected chi connectivity index (χ1v) is 12.4. The molecular weight excluding hydrogens is 441 g/mol. The molecule has 0 spiro atoms. The van der Waals surface area contributed by atoms with E-state index in [9.17, 15) is 14.0 Å². The minimum atomic E-state index is -0.260. The summed E-state index contributed by atoms with van der Waals surface area (Å²) in [5.41, 5.74) is 3.00. The van der Waals surface area contributed by atoms with E-state index in [1.54, 1.807) is 17.0 Å². The van der Waals surface area contributed by atoms with Crippen LogP contribution in [0.3, 0.4) is 0 Å². The molecule has 0 saturated carbocycles. The fourth-order valence-electron chi connectivity index (χ4n) is 4.04. The van der Waals surface area contributed by atoms with Crippen LogP contribution >= 0.6 is 0 Å². The first-order chi connectivity index (χ1) is 16.9. The van der Waals surface area contributed by atoms with E-state index in [4.69, 9.17) is 0 Å². The Morgan fingerprint density at radius 2 is 1.60 bits per heavy atom. The standard InChI is InChI=1S/C29H36FN3O2/c1-4-5-13-28(34)33(23(2)3)22-29(35)32(20-24-10-7-6-8-11-24)21-27-12-9-18-31(27)19-25-14-16-26(30)17-15-25/h6-12,14-18,23H,4-5,13,19-22H2,1-3H3. The second-order valence-electron chi connectivity index (χ2n) is 9.21. The van der Waals surface area contributed by atoms with Crippen molar-refractivity contribution in [3.05, 3.63) is 95.6 Å². The zero-order chi connectivity index (χ0) is 25.2. The Morgan fingerprint density at radius 1 is 0.886 bits per heavy atom. The van der Waals surface area contributed by atoms with Gasteiger partial charge in [-0.2, -0.15) is 0 Å². The van der Waals surface area contributed by atoms with Crippen LogP contribution < -0.4 is 0 Å². The molecule has 1 aromatic heterocycles.